The molecule has 1 N–H and O–H groups in total. The predicted octanol–water partition coefficient (Wildman–Crippen LogP) is 2.41. The molecular formula is C18H21N3O2. The van der Waals surface area contributed by atoms with Gasteiger partial charge in [-0.1, -0.05) is 18.2 Å². The summed E-state index contributed by atoms with van der Waals surface area (Å²) < 4.78 is 5.96. The molecule has 0 bridgehead atoms. The zero-order valence-electron chi connectivity index (χ0n) is 13.5. The normalized spacial score (nSPS) is 17.1. The Balaban J connectivity index is 1.70. The first-order valence-electron chi connectivity index (χ1n) is 7.83. The van der Waals surface area contributed by atoms with Crippen molar-refractivity contribution in [2.75, 3.05) is 25.0 Å². The van der Waals surface area contributed by atoms with E-state index in [9.17, 15) is 4.79 Å². The minimum absolute atomic E-state index is 0.0647. The highest BCUT2D eigenvalue weighted by atomic mass is 16.5. The Morgan fingerprint density at radius 1 is 1.30 bits per heavy atom. The summed E-state index contributed by atoms with van der Waals surface area (Å²) in [5.41, 5.74) is 2.77. The number of para-hydroxylation sites is 1. The molecule has 23 heavy (non-hydrogen) atoms. The van der Waals surface area contributed by atoms with Gasteiger partial charge in [-0.05, 0) is 24.6 Å². The van der Waals surface area contributed by atoms with E-state index in [0.29, 0.717) is 11.4 Å². The van der Waals surface area contributed by atoms with Crippen molar-refractivity contribution < 1.29 is 9.53 Å². The monoisotopic (exact) mass is 311 g/mol. The van der Waals surface area contributed by atoms with Gasteiger partial charge in [0.25, 0.3) is 5.91 Å². The average Bonchev–Trinajstić information content (AvgIpc) is 3.04. The molecule has 1 aromatic heterocycles. The maximum Gasteiger partial charge on any atom is 0.253 e. The first-order chi connectivity index (χ1) is 11.2. The Hall–Kier alpha value is -2.56. The molecule has 0 unspecified atom stereocenters. The molecule has 5 heteroatoms. The summed E-state index contributed by atoms with van der Waals surface area (Å²) in [5, 5.41) is 2.69. The van der Waals surface area contributed by atoms with Crippen molar-refractivity contribution in [1.82, 2.24) is 10.3 Å². The van der Waals surface area contributed by atoms with Gasteiger partial charge in [-0.3, -0.25) is 4.79 Å². The van der Waals surface area contributed by atoms with Crippen LogP contribution in [0.25, 0.3) is 0 Å². The number of carbonyl (C=O) groups excluding carboxylic acids is 1. The number of aromatic nitrogens is 1. The number of anilines is 1. The number of ether oxygens (including phenoxy) is 1. The molecule has 0 saturated carbocycles. The number of carbonyl (C=O) groups is 1. The second-order valence-corrected chi connectivity index (χ2v) is 5.74. The third kappa shape index (κ3) is 3.44. The number of benzene rings is 1. The largest absolute Gasteiger partial charge is 0.472 e. The van der Waals surface area contributed by atoms with Gasteiger partial charge in [0.1, 0.15) is 6.10 Å². The molecule has 1 amide bonds. The van der Waals surface area contributed by atoms with Crippen LogP contribution >= 0.6 is 0 Å². The van der Waals surface area contributed by atoms with Gasteiger partial charge >= 0.3 is 0 Å². The van der Waals surface area contributed by atoms with Gasteiger partial charge in [-0.2, -0.15) is 0 Å². The number of nitrogens with zero attached hydrogens (tertiary/aromatic N) is 2. The second-order valence-electron chi connectivity index (χ2n) is 5.74. The van der Waals surface area contributed by atoms with Crippen molar-refractivity contribution in [3.8, 4) is 5.88 Å². The molecule has 0 radical (unpaired) electrons. The first kappa shape index (κ1) is 15.3. The number of hydrogen-bond donors (Lipinski definition) is 1. The Bertz CT molecular complexity index is 685. The SMILES string of the molecule is CNC(=O)c1ccccc1N1CC[C@@H](Oc2ccc(C)cn2)C1. The molecule has 5 nitrogen and oxygen atoms in total. The van der Waals surface area contributed by atoms with Crippen LogP contribution in [-0.4, -0.2) is 37.1 Å². The second kappa shape index (κ2) is 6.69. The van der Waals surface area contributed by atoms with Crippen molar-refractivity contribution in [3.63, 3.8) is 0 Å². The summed E-state index contributed by atoms with van der Waals surface area (Å²) in [6, 6.07) is 11.6. The molecule has 1 fully saturated rings. The van der Waals surface area contributed by atoms with Crippen LogP contribution in [0.1, 0.15) is 22.3 Å². The third-order valence-corrected chi connectivity index (χ3v) is 4.03. The van der Waals surface area contributed by atoms with Crippen molar-refractivity contribution >= 4 is 11.6 Å². The molecule has 1 saturated heterocycles. The maximum atomic E-state index is 12.0. The molecular weight excluding hydrogens is 290 g/mol. The van der Waals surface area contributed by atoms with Crippen molar-refractivity contribution in [1.29, 1.82) is 0 Å². The van der Waals surface area contributed by atoms with E-state index in [-0.39, 0.29) is 12.0 Å². The van der Waals surface area contributed by atoms with Gasteiger partial charge in [0.2, 0.25) is 5.88 Å². The van der Waals surface area contributed by atoms with Crippen LogP contribution in [0.4, 0.5) is 5.69 Å². The van der Waals surface area contributed by atoms with Gasteiger partial charge in [0, 0.05) is 38.0 Å². The van der Waals surface area contributed by atoms with Crippen LogP contribution in [-0.2, 0) is 0 Å². The van der Waals surface area contributed by atoms with E-state index in [2.05, 4.69) is 15.2 Å². The average molecular weight is 311 g/mol. The maximum absolute atomic E-state index is 12.0. The number of amides is 1. The molecule has 2 heterocycles. The van der Waals surface area contributed by atoms with E-state index in [1.807, 2.05) is 49.5 Å². The Kier molecular flexibility index (Phi) is 4.46. The van der Waals surface area contributed by atoms with E-state index >= 15 is 0 Å². The Morgan fingerprint density at radius 3 is 2.87 bits per heavy atom. The van der Waals surface area contributed by atoms with Crippen LogP contribution in [0.2, 0.25) is 0 Å². The van der Waals surface area contributed by atoms with Crippen LogP contribution in [0, 0.1) is 6.92 Å². The quantitative estimate of drug-likeness (QED) is 0.942. The van der Waals surface area contributed by atoms with Crippen molar-refractivity contribution in [2.45, 2.75) is 19.4 Å². The Morgan fingerprint density at radius 2 is 2.13 bits per heavy atom. The highest BCUT2D eigenvalue weighted by Gasteiger charge is 2.26. The van der Waals surface area contributed by atoms with Gasteiger partial charge in [-0.25, -0.2) is 4.98 Å². The molecule has 0 spiro atoms. The number of aryl methyl sites for hydroxylation is 1. The van der Waals surface area contributed by atoms with E-state index in [1.165, 1.54) is 0 Å². The number of nitrogens with one attached hydrogen (secondary N) is 1. The van der Waals surface area contributed by atoms with Crippen LogP contribution in [0.3, 0.4) is 0 Å². The van der Waals surface area contributed by atoms with Crippen LogP contribution < -0.4 is 15.0 Å². The van der Waals surface area contributed by atoms with Gasteiger partial charge in [0.15, 0.2) is 0 Å². The summed E-state index contributed by atoms with van der Waals surface area (Å²) >= 11 is 0. The fraction of sp³-hybridized carbons (Fsp3) is 0.333. The standard InChI is InChI=1S/C18H21N3O2/c1-13-7-8-17(20-11-13)23-14-9-10-21(12-14)16-6-4-3-5-15(16)18(22)19-2/h3-8,11,14H,9-10,12H2,1-2H3,(H,19,22)/t14-/m1/s1. The fourth-order valence-electron chi connectivity index (χ4n) is 2.81. The molecule has 1 aromatic carbocycles. The molecule has 1 atom stereocenters. The van der Waals surface area contributed by atoms with Gasteiger partial charge in [0.05, 0.1) is 12.1 Å². The summed E-state index contributed by atoms with van der Waals surface area (Å²) in [6.07, 6.45) is 2.81. The van der Waals surface area contributed by atoms with Crippen LogP contribution in [0.5, 0.6) is 5.88 Å². The van der Waals surface area contributed by atoms with Crippen molar-refractivity contribution in [2.24, 2.45) is 0 Å². The summed E-state index contributed by atoms with van der Waals surface area (Å²) in [7, 11) is 1.65. The topological polar surface area (TPSA) is 54.5 Å². The molecule has 3 rings (SSSR count). The highest BCUT2D eigenvalue weighted by molar-refractivity contribution is 5.99. The first-order valence-corrected chi connectivity index (χ1v) is 7.83. The van der Waals surface area contributed by atoms with E-state index < -0.39 is 0 Å². The predicted molar refractivity (Wildman–Crippen MR) is 90.1 cm³/mol. The number of hydrogen-bond acceptors (Lipinski definition) is 4. The van der Waals surface area contributed by atoms with Gasteiger partial charge in [-0.15, -0.1) is 0 Å². The molecule has 1 aliphatic heterocycles. The third-order valence-electron chi connectivity index (χ3n) is 4.03. The smallest absolute Gasteiger partial charge is 0.253 e. The zero-order chi connectivity index (χ0) is 16.2. The lowest BCUT2D eigenvalue weighted by Crippen LogP contribution is -2.28. The lowest BCUT2D eigenvalue weighted by Gasteiger charge is -2.21. The molecule has 120 valence electrons. The molecule has 2 aromatic rings. The zero-order valence-corrected chi connectivity index (χ0v) is 13.5. The fourth-order valence-corrected chi connectivity index (χ4v) is 2.81. The summed E-state index contributed by atoms with van der Waals surface area (Å²) in [6.45, 7) is 3.62. The van der Waals surface area contributed by atoms with E-state index in [4.69, 9.17) is 4.74 Å². The summed E-state index contributed by atoms with van der Waals surface area (Å²) in [5.74, 6) is 0.590. The Labute approximate surface area is 136 Å². The summed E-state index contributed by atoms with van der Waals surface area (Å²) in [4.78, 5) is 18.5. The highest BCUT2D eigenvalue weighted by Crippen LogP contribution is 2.26. The van der Waals surface area contributed by atoms with Crippen molar-refractivity contribution in [3.05, 3.63) is 53.7 Å². The number of rotatable bonds is 4. The lowest BCUT2D eigenvalue weighted by molar-refractivity contribution is 0.0963. The minimum Gasteiger partial charge on any atom is -0.472 e. The van der Waals surface area contributed by atoms with Crippen LogP contribution in [0.15, 0.2) is 42.6 Å². The van der Waals surface area contributed by atoms with E-state index in [1.54, 1.807) is 7.05 Å². The molecule has 1 aliphatic rings. The molecule has 0 aliphatic carbocycles. The van der Waals surface area contributed by atoms with Gasteiger partial charge < -0.3 is 15.0 Å². The number of pyridine rings is 1. The van der Waals surface area contributed by atoms with E-state index in [0.717, 1.165) is 30.8 Å². The lowest BCUT2D eigenvalue weighted by atomic mass is 10.1. The minimum atomic E-state index is -0.0647.